The van der Waals surface area contributed by atoms with Crippen LogP contribution in [0.1, 0.15) is 34.1 Å². The van der Waals surface area contributed by atoms with E-state index in [0.29, 0.717) is 0 Å². The Labute approximate surface area is 53.3 Å². The fourth-order valence-electron chi connectivity index (χ4n) is 0.880. The van der Waals surface area contributed by atoms with Crippen molar-refractivity contribution in [3.05, 3.63) is 6.42 Å². The van der Waals surface area contributed by atoms with Gasteiger partial charge in [-0.05, 0) is 19.3 Å². The van der Waals surface area contributed by atoms with E-state index in [1.54, 1.807) is 0 Å². The van der Waals surface area contributed by atoms with Gasteiger partial charge < -0.3 is 0 Å². The van der Waals surface area contributed by atoms with E-state index < -0.39 is 0 Å². The molecule has 0 aromatic carbocycles. The lowest BCUT2D eigenvalue weighted by Gasteiger charge is -2.03. The van der Waals surface area contributed by atoms with Gasteiger partial charge in [0.15, 0.2) is 0 Å². The van der Waals surface area contributed by atoms with Gasteiger partial charge in [-0.25, -0.2) is 0 Å². The third-order valence-electron chi connectivity index (χ3n) is 1.41. The first kappa shape index (κ1) is 7.87. The minimum absolute atomic E-state index is 0.801. The number of hydrogen-bond donors (Lipinski definition) is 0. The average Bonchev–Trinajstić information content (AvgIpc) is 1.65. The van der Waals surface area contributed by atoms with Crippen molar-refractivity contribution in [1.82, 2.24) is 0 Å². The molecule has 1 unspecified atom stereocenters. The van der Waals surface area contributed by atoms with E-state index in [2.05, 4.69) is 34.1 Å². The van der Waals surface area contributed by atoms with Crippen LogP contribution in [0.2, 0.25) is 0 Å². The van der Waals surface area contributed by atoms with Crippen LogP contribution in [0.4, 0.5) is 0 Å². The molecule has 0 amide bonds. The zero-order chi connectivity index (χ0) is 6.57. The normalized spacial score (nSPS) is 14.1. The topological polar surface area (TPSA) is 0 Å². The molecule has 0 saturated heterocycles. The zero-order valence-corrected chi connectivity index (χ0v) is 6.44. The second kappa shape index (κ2) is 3.82. The van der Waals surface area contributed by atoms with Gasteiger partial charge >= 0.3 is 0 Å². The maximum atomic E-state index is 2.26. The van der Waals surface area contributed by atoms with E-state index >= 15 is 0 Å². The second-order valence-corrected chi connectivity index (χ2v) is 2.94. The van der Waals surface area contributed by atoms with Crippen LogP contribution >= 0.6 is 0 Å². The third kappa shape index (κ3) is 4.04. The first-order valence-electron chi connectivity index (χ1n) is 3.46. The monoisotopic (exact) mass is 113 g/mol. The molecule has 0 aliphatic carbocycles. The Kier molecular flexibility index (Phi) is 3.76. The standard InChI is InChI=1S/C8H17/c1-5-8(4)6-7(2)3/h5,7-8H,6H2,1-4H3/q+1. The Bertz CT molecular complexity index is 46.0. The van der Waals surface area contributed by atoms with Crippen molar-refractivity contribution in [3.63, 3.8) is 0 Å². The van der Waals surface area contributed by atoms with E-state index in [1.807, 2.05) is 0 Å². The number of rotatable bonds is 3. The van der Waals surface area contributed by atoms with Crippen molar-refractivity contribution < 1.29 is 0 Å². The van der Waals surface area contributed by atoms with E-state index in [-0.39, 0.29) is 0 Å². The summed E-state index contributed by atoms with van der Waals surface area (Å²) in [6, 6.07) is 0. The van der Waals surface area contributed by atoms with Crippen molar-refractivity contribution in [2.45, 2.75) is 34.1 Å². The quantitative estimate of drug-likeness (QED) is 0.494. The predicted octanol–water partition coefficient (Wildman–Crippen LogP) is 2.89. The van der Waals surface area contributed by atoms with Gasteiger partial charge in [0.25, 0.3) is 0 Å². The molecular formula is C8H17+. The Morgan fingerprint density at radius 1 is 1.25 bits per heavy atom. The van der Waals surface area contributed by atoms with Crippen LogP contribution in [0.5, 0.6) is 0 Å². The van der Waals surface area contributed by atoms with Crippen LogP contribution in [0.25, 0.3) is 0 Å². The summed E-state index contributed by atoms with van der Waals surface area (Å²) in [7, 11) is 0. The van der Waals surface area contributed by atoms with Gasteiger partial charge in [0, 0.05) is 0 Å². The molecule has 1 atom stereocenters. The van der Waals surface area contributed by atoms with Crippen LogP contribution in [0.15, 0.2) is 0 Å². The maximum absolute atomic E-state index is 2.26. The molecule has 0 N–H and O–H groups in total. The van der Waals surface area contributed by atoms with E-state index in [4.69, 9.17) is 0 Å². The van der Waals surface area contributed by atoms with Crippen molar-refractivity contribution in [1.29, 1.82) is 0 Å². The van der Waals surface area contributed by atoms with Crippen molar-refractivity contribution in [3.8, 4) is 0 Å². The van der Waals surface area contributed by atoms with Gasteiger partial charge in [-0.2, -0.15) is 0 Å². The van der Waals surface area contributed by atoms with Crippen molar-refractivity contribution in [2.24, 2.45) is 11.8 Å². The fourth-order valence-corrected chi connectivity index (χ4v) is 0.880. The summed E-state index contributed by atoms with van der Waals surface area (Å²) in [5.41, 5.74) is 0. The summed E-state index contributed by atoms with van der Waals surface area (Å²) in [5.74, 6) is 1.65. The van der Waals surface area contributed by atoms with Crippen LogP contribution < -0.4 is 0 Å². The van der Waals surface area contributed by atoms with Gasteiger partial charge in [0.1, 0.15) is 0 Å². The van der Waals surface area contributed by atoms with Crippen molar-refractivity contribution >= 4 is 0 Å². The summed E-state index contributed by atoms with van der Waals surface area (Å²) in [6.07, 6.45) is 3.59. The molecule has 0 rings (SSSR count). The molecule has 0 heterocycles. The first-order valence-corrected chi connectivity index (χ1v) is 3.46. The van der Waals surface area contributed by atoms with E-state index in [9.17, 15) is 0 Å². The molecule has 0 fully saturated rings. The highest BCUT2D eigenvalue weighted by Gasteiger charge is 2.07. The predicted molar refractivity (Wildman–Crippen MR) is 38.6 cm³/mol. The summed E-state index contributed by atoms with van der Waals surface area (Å²) in [6.45, 7) is 8.92. The SMILES string of the molecule is C[CH+]C(C)CC(C)C. The molecule has 48 valence electrons. The third-order valence-corrected chi connectivity index (χ3v) is 1.41. The maximum Gasteiger partial charge on any atom is 0.0949 e. The first-order chi connectivity index (χ1) is 3.66. The van der Waals surface area contributed by atoms with Gasteiger partial charge in [-0.1, -0.05) is 13.8 Å². The highest BCUT2D eigenvalue weighted by Crippen LogP contribution is 2.12. The largest absolute Gasteiger partial charge is 0.0949 e. The van der Waals surface area contributed by atoms with Crippen LogP contribution in [0, 0.1) is 18.3 Å². The molecule has 0 aliphatic rings. The minimum atomic E-state index is 0.801. The van der Waals surface area contributed by atoms with Gasteiger partial charge in [-0.3, -0.25) is 0 Å². The lowest BCUT2D eigenvalue weighted by atomic mass is 9.97. The Balaban J connectivity index is 3.10. The molecule has 0 radical (unpaired) electrons. The molecule has 0 heteroatoms. The summed E-state index contributed by atoms with van der Waals surface area (Å²) in [4.78, 5) is 0. The Morgan fingerprint density at radius 2 is 1.75 bits per heavy atom. The molecule has 0 aromatic rings. The van der Waals surface area contributed by atoms with Crippen LogP contribution in [-0.2, 0) is 0 Å². The van der Waals surface area contributed by atoms with Gasteiger partial charge in [-0.15, -0.1) is 0 Å². The highest BCUT2D eigenvalue weighted by atomic mass is 14.1. The molecule has 0 aromatic heterocycles. The molecular weight excluding hydrogens is 96.1 g/mol. The smallest absolute Gasteiger partial charge is 0.0626 e. The van der Waals surface area contributed by atoms with Gasteiger partial charge in [0.2, 0.25) is 0 Å². The highest BCUT2D eigenvalue weighted by molar-refractivity contribution is 4.67. The van der Waals surface area contributed by atoms with Crippen LogP contribution in [-0.4, -0.2) is 0 Å². The van der Waals surface area contributed by atoms with Crippen molar-refractivity contribution in [2.75, 3.05) is 0 Å². The van der Waals surface area contributed by atoms with E-state index in [0.717, 1.165) is 11.8 Å². The molecule has 0 nitrogen and oxygen atoms in total. The van der Waals surface area contributed by atoms with Crippen LogP contribution in [0.3, 0.4) is 0 Å². The molecule has 0 bridgehead atoms. The van der Waals surface area contributed by atoms with E-state index in [1.165, 1.54) is 6.42 Å². The Morgan fingerprint density at radius 3 is 1.88 bits per heavy atom. The fraction of sp³-hybridized carbons (Fsp3) is 0.875. The molecule has 8 heavy (non-hydrogen) atoms. The molecule has 0 saturated carbocycles. The summed E-state index contributed by atoms with van der Waals surface area (Å²) in [5, 5.41) is 0. The summed E-state index contributed by atoms with van der Waals surface area (Å²) >= 11 is 0. The molecule has 0 aliphatic heterocycles. The minimum Gasteiger partial charge on any atom is -0.0626 e. The second-order valence-electron chi connectivity index (χ2n) is 2.94. The lowest BCUT2D eigenvalue weighted by Crippen LogP contribution is -1.97. The zero-order valence-electron chi connectivity index (χ0n) is 6.44. The number of hydrogen-bond acceptors (Lipinski definition) is 0. The Hall–Kier alpha value is -0.130. The van der Waals surface area contributed by atoms with Gasteiger partial charge in [0.05, 0.1) is 19.3 Å². The summed E-state index contributed by atoms with van der Waals surface area (Å²) < 4.78 is 0. The lowest BCUT2D eigenvalue weighted by molar-refractivity contribution is 0.482. The molecule has 0 spiro atoms. The average molecular weight is 113 g/mol.